The largest absolute Gasteiger partial charge is 0.454 e. The van der Waals surface area contributed by atoms with E-state index in [-0.39, 0.29) is 11.6 Å². The number of aromatic nitrogens is 4. The van der Waals surface area contributed by atoms with E-state index in [2.05, 4.69) is 10.2 Å². The van der Waals surface area contributed by atoms with Gasteiger partial charge in [-0.05, 0) is 17.7 Å². The van der Waals surface area contributed by atoms with Crippen molar-refractivity contribution in [3.8, 4) is 28.4 Å². The molecule has 0 atom stereocenters. The van der Waals surface area contributed by atoms with Crippen LogP contribution in [-0.2, 0) is 19.4 Å². The number of nitrogen functional groups attached to an aromatic ring is 1. The van der Waals surface area contributed by atoms with Gasteiger partial charge in [-0.3, -0.25) is 4.68 Å². The number of anilines is 1. The van der Waals surface area contributed by atoms with Crippen LogP contribution in [0.5, 0.6) is 11.5 Å². The molecule has 1 aliphatic rings. The fourth-order valence-corrected chi connectivity index (χ4v) is 2.97. The molecule has 0 saturated carbocycles. The van der Waals surface area contributed by atoms with Gasteiger partial charge in [-0.15, -0.1) is 0 Å². The molecule has 2 aromatic heterocycles. The second-order valence-electron chi connectivity index (χ2n) is 6.12. The molecule has 29 heavy (non-hydrogen) atoms. The van der Waals surface area contributed by atoms with Gasteiger partial charge in [0.2, 0.25) is 6.79 Å². The van der Waals surface area contributed by atoms with Crippen molar-refractivity contribution >= 4 is 5.82 Å². The molecule has 0 bridgehead atoms. The Hall–Kier alpha value is -3.38. The van der Waals surface area contributed by atoms with Crippen LogP contribution in [0.2, 0.25) is 0 Å². The van der Waals surface area contributed by atoms with Gasteiger partial charge < -0.3 is 15.2 Å². The summed E-state index contributed by atoms with van der Waals surface area (Å²) >= 11 is 0. The molecule has 4 rings (SSSR count). The summed E-state index contributed by atoms with van der Waals surface area (Å²) in [5, 5.41) is 7.40. The number of fused-ring (bicyclic) bond motifs is 1. The summed E-state index contributed by atoms with van der Waals surface area (Å²) < 4.78 is 93.0. The molecule has 0 amide bonds. The molecule has 1 aliphatic heterocycles. The molecule has 0 aliphatic carbocycles. The number of ether oxygens (including phenoxy) is 2. The summed E-state index contributed by atoms with van der Waals surface area (Å²) in [5.74, 6) is -1.49. The van der Waals surface area contributed by atoms with Gasteiger partial charge in [-0.25, -0.2) is 0 Å². The zero-order chi connectivity index (χ0) is 21.1. The van der Waals surface area contributed by atoms with Crippen LogP contribution in [-0.4, -0.2) is 26.4 Å². The average Bonchev–Trinajstić information content (AvgIpc) is 3.30. The van der Waals surface area contributed by atoms with E-state index in [4.69, 9.17) is 15.2 Å². The van der Waals surface area contributed by atoms with Gasteiger partial charge in [0, 0.05) is 19.3 Å². The van der Waals surface area contributed by atoms with E-state index in [0.717, 1.165) is 10.7 Å². The lowest BCUT2D eigenvalue weighted by Gasteiger charge is -2.13. The Kier molecular flexibility index (Phi) is 3.96. The summed E-state index contributed by atoms with van der Waals surface area (Å²) in [7, 11) is 1.53. The lowest BCUT2D eigenvalue weighted by atomic mass is 10.0. The maximum Gasteiger partial charge on any atom is 0.435 e. The summed E-state index contributed by atoms with van der Waals surface area (Å²) in [6.07, 6.45) is -8.43. The third-order valence-electron chi connectivity index (χ3n) is 4.17. The molecule has 3 heterocycles. The number of benzene rings is 1. The van der Waals surface area contributed by atoms with Crippen molar-refractivity contribution in [1.82, 2.24) is 19.6 Å². The SMILES string of the molecule is Cn1ccc(-n2nc(C(F)(F)F)c(-c3cc4c(c(C(F)(F)F)c3)OCO4)c2N)n1. The third-order valence-corrected chi connectivity index (χ3v) is 4.17. The number of alkyl halides is 6. The zero-order valence-electron chi connectivity index (χ0n) is 14.5. The second-order valence-corrected chi connectivity index (χ2v) is 6.12. The highest BCUT2D eigenvalue weighted by Crippen LogP contribution is 2.49. The van der Waals surface area contributed by atoms with E-state index < -0.39 is 53.1 Å². The smallest absolute Gasteiger partial charge is 0.435 e. The molecular weight excluding hydrogens is 408 g/mol. The maximum atomic E-state index is 13.6. The third kappa shape index (κ3) is 3.11. The van der Waals surface area contributed by atoms with Crippen LogP contribution in [0.1, 0.15) is 11.3 Å². The van der Waals surface area contributed by atoms with Crippen molar-refractivity contribution in [1.29, 1.82) is 0 Å². The van der Waals surface area contributed by atoms with Crippen molar-refractivity contribution in [3.63, 3.8) is 0 Å². The molecule has 154 valence electrons. The minimum atomic E-state index is -4.99. The molecule has 1 aromatic carbocycles. The highest BCUT2D eigenvalue weighted by molar-refractivity contribution is 5.81. The Morgan fingerprint density at radius 1 is 1.03 bits per heavy atom. The number of halogens is 6. The van der Waals surface area contributed by atoms with Crippen molar-refractivity contribution in [2.45, 2.75) is 12.4 Å². The number of hydrogen-bond donors (Lipinski definition) is 1. The zero-order valence-corrected chi connectivity index (χ0v) is 14.5. The summed E-state index contributed by atoms with van der Waals surface area (Å²) in [6, 6.07) is 2.88. The van der Waals surface area contributed by atoms with Gasteiger partial charge in [-0.1, -0.05) is 0 Å². The highest BCUT2D eigenvalue weighted by atomic mass is 19.4. The predicted molar refractivity (Wildman–Crippen MR) is 86.3 cm³/mol. The normalized spacial score (nSPS) is 13.9. The minimum Gasteiger partial charge on any atom is -0.454 e. The van der Waals surface area contributed by atoms with Crippen molar-refractivity contribution < 1.29 is 35.8 Å². The fourth-order valence-electron chi connectivity index (χ4n) is 2.97. The Bertz CT molecular complexity index is 1100. The first-order chi connectivity index (χ1) is 13.5. The molecule has 0 radical (unpaired) electrons. The first-order valence-electron chi connectivity index (χ1n) is 7.93. The Morgan fingerprint density at radius 3 is 2.34 bits per heavy atom. The fraction of sp³-hybridized carbons (Fsp3) is 0.250. The van der Waals surface area contributed by atoms with E-state index in [9.17, 15) is 26.3 Å². The van der Waals surface area contributed by atoms with Crippen molar-refractivity contribution in [2.75, 3.05) is 12.5 Å². The summed E-state index contributed by atoms with van der Waals surface area (Å²) in [5.41, 5.74) is 1.97. The van der Waals surface area contributed by atoms with Gasteiger partial charge >= 0.3 is 12.4 Å². The summed E-state index contributed by atoms with van der Waals surface area (Å²) in [6.45, 7) is -0.489. The number of nitrogens with zero attached hydrogens (tertiary/aromatic N) is 4. The molecule has 13 heteroatoms. The van der Waals surface area contributed by atoms with Crippen LogP contribution in [0, 0.1) is 0 Å². The topological polar surface area (TPSA) is 80.1 Å². The number of hydrogen-bond acceptors (Lipinski definition) is 5. The van der Waals surface area contributed by atoms with Crippen LogP contribution in [0.25, 0.3) is 16.9 Å². The molecule has 0 spiro atoms. The summed E-state index contributed by atoms with van der Waals surface area (Å²) in [4.78, 5) is 0. The number of rotatable bonds is 2. The quantitative estimate of drug-likeness (QED) is 0.642. The average molecular weight is 419 g/mol. The van der Waals surface area contributed by atoms with Gasteiger partial charge in [0.25, 0.3) is 0 Å². The van der Waals surface area contributed by atoms with Crippen LogP contribution >= 0.6 is 0 Å². The minimum absolute atomic E-state index is 0.0291. The molecule has 7 nitrogen and oxygen atoms in total. The molecule has 3 aromatic rings. The first-order valence-corrected chi connectivity index (χ1v) is 7.93. The standard InChI is InChI=1S/C16H11F6N5O2/c1-26-3-2-10(24-26)27-14(23)11(13(25-27)16(20,21)22)7-4-8(15(17,18)19)12-9(5-7)28-6-29-12/h2-5H,6,23H2,1H3. The van der Waals surface area contributed by atoms with Crippen LogP contribution < -0.4 is 15.2 Å². The number of aryl methyl sites for hydroxylation is 1. The molecule has 0 saturated heterocycles. The second kappa shape index (κ2) is 6.06. The van der Waals surface area contributed by atoms with E-state index in [1.807, 2.05) is 0 Å². The molecule has 0 unspecified atom stereocenters. The monoisotopic (exact) mass is 419 g/mol. The molecule has 0 fully saturated rings. The van der Waals surface area contributed by atoms with Crippen molar-refractivity contribution in [2.24, 2.45) is 7.05 Å². The Labute approximate surface area is 158 Å². The number of nitrogens with two attached hydrogens (primary N) is 1. The van der Waals surface area contributed by atoms with Gasteiger partial charge in [0.15, 0.2) is 23.0 Å². The van der Waals surface area contributed by atoms with E-state index in [0.29, 0.717) is 6.07 Å². The lowest BCUT2D eigenvalue weighted by Crippen LogP contribution is -2.10. The Balaban J connectivity index is 1.99. The van der Waals surface area contributed by atoms with Gasteiger partial charge in [-0.2, -0.15) is 41.2 Å². The highest BCUT2D eigenvalue weighted by Gasteiger charge is 2.42. The van der Waals surface area contributed by atoms with Gasteiger partial charge in [0.1, 0.15) is 11.4 Å². The van der Waals surface area contributed by atoms with E-state index in [1.165, 1.54) is 24.0 Å². The lowest BCUT2D eigenvalue weighted by molar-refractivity contribution is -0.140. The molecule has 2 N–H and O–H groups in total. The Morgan fingerprint density at radius 2 is 1.76 bits per heavy atom. The van der Waals surface area contributed by atoms with Crippen LogP contribution in [0.15, 0.2) is 24.4 Å². The van der Waals surface area contributed by atoms with Crippen molar-refractivity contribution in [3.05, 3.63) is 35.7 Å². The van der Waals surface area contributed by atoms with Crippen LogP contribution in [0.4, 0.5) is 32.2 Å². The predicted octanol–water partition coefficient (Wildman–Crippen LogP) is 3.62. The van der Waals surface area contributed by atoms with E-state index in [1.54, 1.807) is 0 Å². The maximum absolute atomic E-state index is 13.6. The van der Waals surface area contributed by atoms with E-state index >= 15 is 0 Å². The van der Waals surface area contributed by atoms with Gasteiger partial charge in [0.05, 0.1) is 5.56 Å². The first kappa shape index (κ1) is 19.0. The van der Waals surface area contributed by atoms with Crippen LogP contribution in [0.3, 0.4) is 0 Å². The molecular formula is C16H11F6N5O2.